The van der Waals surface area contributed by atoms with Crippen molar-refractivity contribution in [1.29, 1.82) is 0 Å². The molecule has 0 amide bonds. The molecule has 3 rings (SSSR count). The van der Waals surface area contributed by atoms with Crippen LogP contribution in [0.25, 0.3) is 0 Å². The zero-order chi connectivity index (χ0) is 12.5. The van der Waals surface area contributed by atoms with Gasteiger partial charge in [0.1, 0.15) is 0 Å². The molecule has 1 fully saturated rings. The molecule has 1 N–H and O–H groups in total. The van der Waals surface area contributed by atoms with Crippen molar-refractivity contribution in [2.75, 3.05) is 13.3 Å². The second-order valence-corrected chi connectivity index (χ2v) is 6.11. The van der Waals surface area contributed by atoms with E-state index in [0.29, 0.717) is 6.79 Å². The van der Waals surface area contributed by atoms with Crippen molar-refractivity contribution in [3.63, 3.8) is 0 Å². The van der Waals surface area contributed by atoms with Crippen molar-refractivity contribution in [1.82, 2.24) is 5.32 Å². The predicted molar refractivity (Wildman–Crippen MR) is 73.9 cm³/mol. The molecule has 1 saturated carbocycles. The van der Waals surface area contributed by atoms with Crippen LogP contribution in [0.5, 0.6) is 11.5 Å². The van der Waals surface area contributed by atoms with Crippen LogP contribution in [0.4, 0.5) is 0 Å². The van der Waals surface area contributed by atoms with E-state index in [-0.39, 0.29) is 0 Å². The second-order valence-electron chi connectivity index (χ2n) is 5.26. The number of hydrogen-bond acceptors (Lipinski definition) is 3. The van der Waals surface area contributed by atoms with E-state index < -0.39 is 0 Å². The largest absolute Gasteiger partial charge is 0.454 e. The zero-order valence-electron chi connectivity index (χ0n) is 10.5. The molecule has 1 heterocycles. The Labute approximate surface area is 116 Å². The molecule has 98 valence electrons. The highest BCUT2D eigenvalue weighted by Gasteiger charge is 2.27. The normalized spacial score (nSPS) is 19.0. The van der Waals surface area contributed by atoms with E-state index in [1.807, 2.05) is 0 Å². The van der Waals surface area contributed by atoms with Gasteiger partial charge in [-0.1, -0.05) is 6.92 Å². The minimum absolute atomic E-state index is 0.323. The fourth-order valence-electron chi connectivity index (χ4n) is 2.40. The highest BCUT2D eigenvalue weighted by atomic mass is 79.9. The Bertz CT molecular complexity index is 446. The van der Waals surface area contributed by atoms with Crippen LogP contribution in [0.1, 0.15) is 25.3 Å². The predicted octanol–water partition coefficient (Wildman–Crippen LogP) is 3.31. The monoisotopic (exact) mass is 311 g/mol. The molecule has 0 aromatic heterocycles. The van der Waals surface area contributed by atoms with Crippen LogP contribution >= 0.6 is 15.9 Å². The summed E-state index contributed by atoms with van der Waals surface area (Å²) in [7, 11) is 0. The van der Waals surface area contributed by atoms with Crippen molar-refractivity contribution >= 4 is 15.9 Å². The average molecular weight is 312 g/mol. The molecular weight excluding hydrogens is 294 g/mol. The molecule has 1 atom stereocenters. The fraction of sp³-hybridized carbons (Fsp3) is 0.571. The van der Waals surface area contributed by atoms with Crippen molar-refractivity contribution < 1.29 is 9.47 Å². The summed E-state index contributed by atoms with van der Waals surface area (Å²) in [6, 6.07) is 4.16. The van der Waals surface area contributed by atoms with Gasteiger partial charge in [-0.2, -0.15) is 0 Å². The summed E-state index contributed by atoms with van der Waals surface area (Å²) in [5, 5.41) is 3.52. The molecule has 0 spiro atoms. The van der Waals surface area contributed by atoms with Gasteiger partial charge in [-0.3, -0.25) is 0 Å². The second kappa shape index (κ2) is 5.10. The average Bonchev–Trinajstić information content (AvgIpc) is 3.08. The summed E-state index contributed by atoms with van der Waals surface area (Å²) in [5.41, 5.74) is 1.23. The molecule has 1 unspecified atom stereocenters. The first-order valence-electron chi connectivity index (χ1n) is 6.53. The summed E-state index contributed by atoms with van der Waals surface area (Å²) >= 11 is 3.52. The van der Waals surface area contributed by atoms with E-state index in [9.17, 15) is 0 Å². The lowest BCUT2D eigenvalue weighted by Crippen LogP contribution is -2.21. The van der Waals surface area contributed by atoms with Crippen molar-refractivity contribution in [3.05, 3.63) is 22.2 Å². The third-order valence-electron chi connectivity index (χ3n) is 3.71. The summed E-state index contributed by atoms with van der Waals surface area (Å²) in [5.74, 6) is 3.42. The van der Waals surface area contributed by atoms with Crippen molar-refractivity contribution in [2.45, 2.75) is 26.3 Å². The SMILES string of the molecule is CC(CNCc1cc(Br)c2c(c1)OCO2)C1CC1. The molecule has 1 aromatic rings. The lowest BCUT2D eigenvalue weighted by atomic mass is 10.1. The summed E-state index contributed by atoms with van der Waals surface area (Å²) in [4.78, 5) is 0. The van der Waals surface area contributed by atoms with Gasteiger partial charge < -0.3 is 14.8 Å². The van der Waals surface area contributed by atoms with Crippen LogP contribution < -0.4 is 14.8 Å². The minimum atomic E-state index is 0.323. The molecule has 0 bridgehead atoms. The zero-order valence-corrected chi connectivity index (χ0v) is 12.1. The molecule has 0 saturated heterocycles. The summed E-state index contributed by atoms with van der Waals surface area (Å²) in [6.07, 6.45) is 2.83. The Morgan fingerprint density at radius 1 is 1.39 bits per heavy atom. The number of rotatable bonds is 5. The number of benzene rings is 1. The van der Waals surface area contributed by atoms with Gasteiger partial charge in [0.15, 0.2) is 11.5 Å². The Morgan fingerprint density at radius 2 is 2.22 bits per heavy atom. The topological polar surface area (TPSA) is 30.5 Å². The van der Waals surface area contributed by atoms with Gasteiger partial charge in [-0.15, -0.1) is 0 Å². The molecule has 2 aliphatic rings. The van der Waals surface area contributed by atoms with Crippen LogP contribution in [0.3, 0.4) is 0 Å². The molecule has 3 nitrogen and oxygen atoms in total. The van der Waals surface area contributed by atoms with E-state index in [2.05, 4.69) is 40.3 Å². The maximum atomic E-state index is 5.42. The van der Waals surface area contributed by atoms with Gasteiger partial charge >= 0.3 is 0 Å². The Kier molecular flexibility index (Phi) is 3.48. The van der Waals surface area contributed by atoms with Crippen LogP contribution in [0.2, 0.25) is 0 Å². The first-order valence-corrected chi connectivity index (χ1v) is 7.32. The molecular formula is C14H18BrNO2. The van der Waals surface area contributed by atoms with Gasteiger partial charge in [0.25, 0.3) is 0 Å². The third kappa shape index (κ3) is 2.64. The highest BCUT2D eigenvalue weighted by Crippen LogP contribution is 2.40. The smallest absolute Gasteiger partial charge is 0.231 e. The first kappa shape index (κ1) is 12.3. The Morgan fingerprint density at radius 3 is 3.00 bits per heavy atom. The van der Waals surface area contributed by atoms with Crippen LogP contribution in [-0.4, -0.2) is 13.3 Å². The molecule has 18 heavy (non-hydrogen) atoms. The van der Waals surface area contributed by atoms with Crippen LogP contribution in [0.15, 0.2) is 16.6 Å². The first-order chi connectivity index (χ1) is 8.74. The fourth-order valence-corrected chi connectivity index (χ4v) is 3.00. The van der Waals surface area contributed by atoms with Gasteiger partial charge in [-0.25, -0.2) is 0 Å². The third-order valence-corrected chi connectivity index (χ3v) is 4.30. The Balaban J connectivity index is 1.57. The van der Waals surface area contributed by atoms with Gasteiger partial charge in [0.05, 0.1) is 4.47 Å². The van der Waals surface area contributed by atoms with Gasteiger partial charge in [0.2, 0.25) is 6.79 Å². The molecule has 4 heteroatoms. The van der Waals surface area contributed by atoms with Crippen molar-refractivity contribution in [2.24, 2.45) is 11.8 Å². The standard InChI is InChI=1S/C14H18BrNO2/c1-9(11-2-3-11)6-16-7-10-4-12(15)14-13(5-10)17-8-18-14/h4-5,9,11,16H,2-3,6-8H2,1H3. The van der Waals surface area contributed by atoms with E-state index in [4.69, 9.17) is 9.47 Å². The maximum Gasteiger partial charge on any atom is 0.231 e. The Hall–Kier alpha value is -0.740. The van der Waals surface area contributed by atoms with E-state index in [0.717, 1.165) is 40.9 Å². The molecule has 1 aromatic carbocycles. The van der Waals surface area contributed by atoms with E-state index >= 15 is 0 Å². The van der Waals surface area contributed by atoms with Gasteiger partial charge in [-0.05, 0) is 64.8 Å². The number of nitrogens with one attached hydrogen (secondary N) is 1. The quantitative estimate of drug-likeness (QED) is 0.905. The minimum Gasteiger partial charge on any atom is -0.454 e. The van der Waals surface area contributed by atoms with E-state index in [1.54, 1.807) is 0 Å². The van der Waals surface area contributed by atoms with E-state index in [1.165, 1.54) is 18.4 Å². The van der Waals surface area contributed by atoms with Crippen molar-refractivity contribution in [3.8, 4) is 11.5 Å². The lowest BCUT2D eigenvalue weighted by Gasteiger charge is -2.12. The summed E-state index contributed by atoms with van der Waals surface area (Å²) in [6.45, 7) is 4.63. The molecule has 1 aliphatic heterocycles. The molecule has 0 radical (unpaired) electrons. The number of hydrogen-bond donors (Lipinski definition) is 1. The van der Waals surface area contributed by atoms with Gasteiger partial charge in [0, 0.05) is 6.54 Å². The number of ether oxygens (including phenoxy) is 2. The lowest BCUT2D eigenvalue weighted by molar-refractivity contribution is 0.173. The molecule has 1 aliphatic carbocycles. The summed E-state index contributed by atoms with van der Waals surface area (Å²) < 4.78 is 11.8. The van der Waals surface area contributed by atoms with Crippen LogP contribution in [0, 0.1) is 11.8 Å². The number of halogens is 1. The maximum absolute atomic E-state index is 5.42. The highest BCUT2D eigenvalue weighted by molar-refractivity contribution is 9.10. The number of fused-ring (bicyclic) bond motifs is 1. The van der Waals surface area contributed by atoms with Crippen LogP contribution in [-0.2, 0) is 6.54 Å².